The average Bonchev–Trinajstić information content (AvgIpc) is 3.04. The van der Waals surface area contributed by atoms with Gasteiger partial charge in [-0.15, -0.1) is 0 Å². The van der Waals surface area contributed by atoms with E-state index in [-0.39, 0.29) is 5.97 Å². The van der Waals surface area contributed by atoms with E-state index in [0.717, 1.165) is 47.3 Å². The van der Waals surface area contributed by atoms with Gasteiger partial charge in [-0.1, -0.05) is 135 Å². The molecule has 3 aromatic rings. The minimum absolute atomic E-state index is 0.274. The lowest BCUT2D eigenvalue weighted by atomic mass is 10.0. The number of benzene rings is 3. The minimum Gasteiger partial charge on any atom is -0.494 e. The van der Waals surface area contributed by atoms with Crippen molar-refractivity contribution in [2.45, 2.75) is 124 Å². The largest absolute Gasteiger partial charge is 0.494 e. The molecule has 0 fully saturated rings. The SMILES string of the molecule is CCCCCCCCCCCCCCCCOc1ccc2c(OCc3ccc(C(=O)OC[C@H](C)CC)cc3)cccc2c1. The number of hydrogen-bond donors (Lipinski definition) is 0. The number of fused-ring (bicyclic) bond motifs is 1. The van der Waals surface area contributed by atoms with Crippen LogP contribution in [0.2, 0.25) is 0 Å². The van der Waals surface area contributed by atoms with Crippen molar-refractivity contribution >= 4 is 16.7 Å². The molecule has 0 aliphatic rings. The second kappa shape index (κ2) is 20.8. The molecule has 3 rings (SSSR count). The van der Waals surface area contributed by atoms with Crippen molar-refractivity contribution < 1.29 is 19.0 Å². The first-order chi connectivity index (χ1) is 21.1. The molecule has 0 spiro atoms. The van der Waals surface area contributed by atoms with Gasteiger partial charge in [0, 0.05) is 5.39 Å². The Hall–Kier alpha value is -3.01. The third-order valence-corrected chi connectivity index (χ3v) is 8.36. The fourth-order valence-corrected chi connectivity index (χ4v) is 5.25. The molecule has 0 aliphatic heterocycles. The topological polar surface area (TPSA) is 44.8 Å². The smallest absolute Gasteiger partial charge is 0.338 e. The summed E-state index contributed by atoms with van der Waals surface area (Å²) in [5.41, 5.74) is 1.57. The van der Waals surface area contributed by atoms with Crippen LogP contribution in [-0.2, 0) is 11.3 Å². The van der Waals surface area contributed by atoms with Gasteiger partial charge in [0.1, 0.15) is 18.1 Å². The monoisotopic (exact) mass is 588 g/mol. The summed E-state index contributed by atoms with van der Waals surface area (Å²) in [6.07, 6.45) is 20.1. The predicted octanol–water partition coefficient (Wildman–Crippen LogP) is 11.5. The highest BCUT2D eigenvalue weighted by Crippen LogP contribution is 2.29. The number of unbranched alkanes of at least 4 members (excludes halogenated alkanes) is 13. The molecule has 0 saturated heterocycles. The zero-order valence-electron chi connectivity index (χ0n) is 27.2. The van der Waals surface area contributed by atoms with Crippen molar-refractivity contribution in [3.05, 3.63) is 71.8 Å². The zero-order chi connectivity index (χ0) is 30.5. The van der Waals surface area contributed by atoms with Crippen LogP contribution in [0.3, 0.4) is 0 Å². The van der Waals surface area contributed by atoms with Crippen LogP contribution in [-0.4, -0.2) is 19.2 Å². The molecule has 43 heavy (non-hydrogen) atoms. The molecule has 1 atom stereocenters. The van der Waals surface area contributed by atoms with Crippen molar-refractivity contribution in [2.75, 3.05) is 13.2 Å². The third kappa shape index (κ3) is 13.4. The first-order valence-corrected chi connectivity index (χ1v) is 17.1. The van der Waals surface area contributed by atoms with E-state index < -0.39 is 0 Å². The van der Waals surface area contributed by atoms with Crippen LogP contribution in [0.5, 0.6) is 11.5 Å². The maximum atomic E-state index is 12.3. The maximum absolute atomic E-state index is 12.3. The summed E-state index contributed by atoms with van der Waals surface area (Å²) in [7, 11) is 0. The zero-order valence-corrected chi connectivity index (χ0v) is 27.2. The first-order valence-electron chi connectivity index (χ1n) is 17.1. The molecule has 0 N–H and O–H groups in total. The van der Waals surface area contributed by atoms with Gasteiger partial charge in [-0.3, -0.25) is 0 Å². The molecule has 0 radical (unpaired) electrons. The normalized spacial score (nSPS) is 11.9. The lowest BCUT2D eigenvalue weighted by molar-refractivity contribution is 0.0447. The van der Waals surface area contributed by atoms with Crippen LogP contribution < -0.4 is 9.47 Å². The lowest BCUT2D eigenvalue weighted by Gasteiger charge is -2.12. The number of rotatable bonds is 23. The molecule has 3 aromatic carbocycles. The number of ether oxygens (including phenoxy) is 3. The molecule has 0 amide bonds. The van der Waals surface area contributed by atoms with Gasteiger partial charge in [-0.25, -0.2) is 4.79 Å². The van der Waals surface area contributed by atoms with E-state index in [9.17, 15) is 4.79 Å². The quantitative estimate of drug-likeness (QED) is 0.0816. The van der Waals surface area contributed by atoms with Crippen LogP contribution >= 0.6 is 0 Å². The summed E-state index contributed by atoms with van der Waals surface area (Å²) in [5.74, 6) is 1.85. The van der Waals surface area contributed by atoms with Crippen LogP contribution in [0.25, 0.3) is 10.8 Å². The van der Waals surface area contributed by atoms with Crippen molar-refractivity contribution in [1.82, 2.24) is 0 Å². The second-order valence-electron chi connectivity index (χ2n) is 12.2. The predicted molar refractivity (Wildman–Crippen MR) is 180 cm³/mol. The summed E-state index contributed by atoms with van der Waals surface area (Å²) in [4.78, 5) is 12.3. The van der Waals surface area contributed by atoms with E-state index in [0.29, 0.717) is 24.7 Å². The molecule has 0 unspecified atom stereocenters. The highest BCUT2D eigenvalue weighted by molar-refractivity contribution is 5.90. The minimum atomic E-state index is -0.274. The molecule has 4 heteroatoms. The number of hydrogen-bond acceptors (Lipinski definition) is 4. The van der Waals surface area contributed by atoms with Gasteiger partial charge in [-0.05, 0) is 59.7 Å². The number of esters is 1. The standard InChI is InChI=1S/C39H56O4/c1-4-6-7-8-9-10-11-12-13-14-15-16-17-18-28-41-36-26-27-37-35(29-36)20-19-21-38(37)42-31-33-22-24-34(25-23-33)39(40)43-30-32(3)5-2/h19-27,29,32H,4-18,28,30-31H2,1-3H3/t32-/m1/s1. The van der Waals surface area contributed by atoms with Crippen molar-refractivity contribution in [2.24, 2.45) is 5.92 Å². The van der Waals surface area contributed by atoms with Crippen LogP contribution in [0.4, 0.5) is 0 Å². The van der Waals surface area contributed by atoms with Gasteiger partial charge < -0.3 is 14.2 Å². The van der Waals surface area contributed by atoms with Crippen LogP contribution in [0.1, 0.15) is 133 Å². The van der Waals surface area contributed by atoms with Gasteiger partial charge in [0.15, 0.2) is 0 Å². The van der Waals surface area contributed by atoms with E-state index in [1.54, 1.807) is 0 Å². The molecule has 4 nitrogen and oxygen atoms in total. The van der Waals surface area contributed by atoms with Crippen LogP contribution in [0.15, 0.2) is 60.7 Å². The molecule has 0 aromatic heterocycles. The summed E-state index contributed by atoms with van der Waals surface area (Å²) < 4.78 is 17.7. The van der Waals surface area contributed by atoms with Gasteiger partial charge in [-0.2, -0.15) is 0 Å². The molecule has 0 aliphatic carbocycles. The van der Waals surface area contributed by atoms with Crippen molar-refractivity contribution in [3.63, 3.8) is 0 Å². The number of carbonyl (C=O) groups excluding carboxylic acids is 1. The fourth-order valence-electron chi connectivity index (χ4n) is 5.25. The Labute approximate surface area is 261 Å². The molecule has 0 bridgehead atoms. The molecule has 0 heterocycles. The Morgan fingerprint density at radius 2 is 1.33 bits per heavy atom. The van der Waals surface area contributed by atoms with Gasteiger partial charge in [0.05, 0.1) is 18.8 Å². The Morgan fingerprint density at radius 1 is 0.698 bits per heavy atom. The molecular formula is C39H56O4. The summed E-state index contributed by atoms with van der Waals surface area (Å²) in [6.45, 7) is 8.10. The van der Waals surface area contributed by atoms with E-state index in [2.05, 4.69) is 39.0 Å². The Balaban J connectivity index is 1.31. The molecule has 236 valence electrons. The summed E-state index contributed by atoms with van der Waals surface area (Å²) in [5, 5.41) is 2.17. The van der Waals surface area contributed by atoms with E-state index in [1.807, 2.05) is 42.5 Å². The first kappa shape index (κ1) is 34.5. The van der Waals surface area contributed by atoms with Gasteiger partial charge in [0.2, 0.25) is 0 Å². The van der Waals surface area contributed by atoms with E-state index in [1.165, 1.54) is 83.5 Å². The van der Waals surface area contributed by atoms with Crippen molar-refractivity contribution in [1.29, 1.82) is 0 Å². The van der Waals surface area contributed by atoms with Crippen molar-refractivity contribution in [3.8, 4) is 11.5 Å². The Morgan fingerprint density at radius 3 is 1.95 bits per heavy atom. The lowest BCUT2D eigenvalue weighted by Crippen LogP contribution is -2.11. The van der Waals surface area contributed by atoms with E-state index >= 15 is 0 Å². The Bertz CT molecular complexity index is 1170. The highest BCUT2D eigenvalue weighted by atomic mass is 16.5. The summed E-state index contributed by atoms with van der Waals surface area (Å²) >= 11 is 0. The third-order valence-electron chi connectivity index (χ3n) is 8.36. The Kier molecular flexibility index (Phi) is 16.7. The number of carbonyl (C=O) groups is 1. The van der Waals surface area contributed by atoms with Gasteiger partial charge >= 0.3 is 5.97 Å². The average molecular weight is 589 g/mol. The highest BCUT2D eigenvalue weighted by Gasteiger charge is 2.10. The maximum Gasteiger partial charge on any atom is 0.338 e. The molecule has 0 saturated carbocycles. The molecular weight excluding hydrogens is 532 g/mol. The second-order valence-corrected chi connectivity index (χ2v) is 12.2. The van der Waals surface area contributed by atoms with Gasteiger partial charge in [0.25, 0.3) is 0 Å². The fraction of sp³-hybridized carbons (Fsp3) is 0.564. The van der Waals surface area contributed by atoms with Crippen LogP contribution in [0, 0.1) is 5.92 Å². The van der Waals surface area contributed by atoms with E-state index in [4.69, 9.17) is 14.2 Å². The summed E-state index contributed by atoms with van der Waals surface area (Å²) in [6, 6.07) is 19.8.